The van der Waals surface area contributed by atoms with Crippen LogP contribution in [0.4, 0.5) is 0 Å². The molecule has 0 atom stereocenters. The quantitative estimate of drug-likeness (QED) is 0.646. The van der Waals surface area contributed by atoms with Crippen LogP contribution in [-0.2, 0) is 20.9 Å². The van der Waals surface area contributed by atoms with E-state index in [9.17, 15) is 14.7 Å². The Hall–Kier alpha value is -3.14. The van der Waals surface area contributed by atoms with E-state index in [0.717, 1.165) is 5.56 Å². The van der Waals surface area contributed by atoms with Crippen molar-refractivity contribution >= 4 is 23.6 Å². The first-order chi connectivity index (χ1) is 11.6. The summed E-state index contributed by atoms with van der Waals surface area (Å²) in [4.78, 5) is 23.1. The van der Waals surface area contributed by atoms with Gasteiger partial charge in [0.05, 0.1) is 5.57 Å². The minimum Gasteiger partial charge on any atom is -0.478 e. The van der Waals surface area contributed by atoms with Gasteiger partial charge in [-0.05, 0) is 29.7 Å². The Labute approximate surface area is 140 Å². The number of aliphatic carboxylic acids is 1. The van der Waals surface area contributed by atoms with Gasteiger partial charge in [-0.2, -0.15) is 0 Å². The van der Waals surface area contributed by atoms with Crippen molar-refractivity contribution in [2.45, 2.75) is 13.5 Å². The molecule has 0 aromatic heterocycles. The Morgan fingerprint density at radius 1 is 1.04 bits per heavy atom. The summed E-state index contributed by atoms with van der Waals surface area (Å²) in [7, 11) is 0. The van der Waals surface area contributed by atoms with E-state index in [1.165, 1.54) is 12.2 Å². The predicted molar refractivity (Wildman–Crippen MR) is 93.0 cm³/mol. The molecular weight excluding hydrogens is 304 g/mol. The number of hydrogen-bond acceptors (Lipinski definition) is 3. The summed E-state index contributed by atoms with van der Waals surface area (Å²) in [5.41, 5.74) is 2.28. The molecule has 4 nitrogen and oxygen atoms in total. The van der Waals surface area contributed by atoms with Gasteiger partial charge in [0.15, 0.2) is 0 Å². The van der Waals surface area contributed by atoms with Gasteiger partial charge in [0.1, 0.15) is 6.61 Å². The van der Waals surface area contributed by atoms with E-state index in [-0.39, 0.29) is 12.2 Å². The first-order valence-corrected chi connectivity index (χ1v) is 7.49. The summed E-state index contributed by atoms with van der Waals surface area (Å²) < 4.78 is 5.22. The lowest BCUT2D eigenvalue weighted by Gasteiger charge is -2.10. The largest absolute Gasteiger partial charge is 0.478 e. The van der Waals surface area contributed by atoms with E-state index in [2.05, 4.69) is 0 Å². The minimum absolute atomic E-state index is 0.0127. The van der Waals surface area contributed by atoms with Crippen LogP contribution in [0.3, 0.4) is 0 Å². The summed E-state index contributed by atoms with van der Waals surface area (Å²) in [6.07, 6.45) is 4.55. The van der Waals surface area contributed by atoms with Crippen LogP contribution < -0.4 is 0 Å². The van der Waals surface area contributed by atoms with E-state index in [1.54, 1.807) is 37.3 Å². The molecule has 0 saturated heterocycles. The fourth-order valence-corrected chi connectivity index (χ4v) is 2.23. The molecule has 2 rings (SSSR count). The average Bonchev–Trinajstić information content (AvgIpc) is 2.60. The topological polar surface area (TPSA) is 63.6 Å². The number of carboxylic acid groups (broad SMARTS) is 1. The second-order valence-electron chi connectivity index (χ2n) is 5.02. The summed E-state index contributed by atoms with van der Waals surface area (Å²) in [5.74, 6) is -1.49. The van der Waals surface area contributed by atoms with Crippen molar-refractivity contribution in [2.24, 2.45) is 0 Å². The lowest BCUT2D eigenvalue weighted by atomic mass is 10.00. The molecule has 0 radical (unpaired) electrons. The van der Waals surface area contributed by atoms with Crippen LogP contribution in [0.1, 0.15) is 23.6 Å². The second-order valence-corrected chi connectivity index (χ2v) is 5.02. The molecule has 2 aromatic carbocycles. The number of hydrogen-bond donors (Lipinski definition) is 1. The second kappa shape index (κ2) is 8.48. The molecule has 2 aromatic rings. The SMILES string of the molecule is CC=C(C(=O)O)c1ccccc1COC(=O)C=Cc1ccccc1. The number of esters is 1. The number of carbonyl (C=O) groups excluding carboxylic acids is 1. The molecule has 122 valence electrons. The van der Waals surface area contributed by atoms with Crippen molar-refractivity contribution in [3.8, 4) is 0 Å². The zero-order valence-electron chi connectivity index (χ0n) is 13.3. The van der Waals surface area contributed by atoms with E-state index < -0.39 is 11.9 Å². The minimum atomic E-state index is -1.01. The Balaban J connectivity index is 2.06. The van der Waals surface area contributed by atoms with E-state index in [1.807, 2.05) is 30.3 Å². The molecule has 24 heavy (non-hydrogen) atoms. The zero-order valence-corrected chi connectivity index (χ0v) is 13.3. The highest BCUT2D eigenvalue weighted by molar-refractivity contribution is 6.15. The van der Waals surface area contributed by atoms with Crippen molar-refractivity contribution in [3.05, 3.63) is 83.4 Å². The van der Waals surface area contributed by atoms with Crippen LogP contribution in [0.15, 0.2) is 66.7 Å². The van der Waals surface area contributed by atoms with Crippen LogP contribution >= 0.6 is 0 Å². The summed E-state index contributed by atoms with van der Waals surface area (Å²) in [6, 6.07) is 16.4. The maximum Gasteiger partial charge on any atom is 0.335 e. The number of allylic oxidation sites excluding steroid dienone is 1. The van der Waals surface area contributed by atoms with Crippen molar-refractivity contribution in [1.82, 2.24) is 0 Å². The molecule has 0 amide bonds. The molecule has 0 aliphatic rings. The summed E-state index contributed by atoms with van der Waals surface area (Å²) >= 11 is 0. The molecule has 0 unspecified atom stereocenters. The first kappa shape index (κ1) is 17.2. The summed E-state index contributed by atoms with van der Waals surface area (Å²) in [5, 5.41) is 9.25. The molecule has 0 spiro atoms. The Morgan fingerprint density at radius 2 is 1.71 bits per heavy atom. The molecule has 0 bridgehead atoms. The fraction of sp³-hybridized carbons (Fsp3) is 0.100. The van der Waals surface area contributed by atoms with Crippen molar-refractivity contribution in [3.63, 3.8) is 0 Å². The van der Waals surface area contributed by atoms with Crippen molar-refractivity contribution < 1.29 is 19.4 Å². The van der Waals surface area contributed by atoms with Gasteiger partial charge in [0, 0.05) is 6.08 Å². The van der Waals surface area contributed by atoms with Gasteiger partial charge in [0.25, 0.3) is 0 Å². The van der Waals surface area contributed by atoms with Crippen molar-refractivity contribution in [1.29, 1.82) is 0 Å². The van der Waals surface area contributed by atoms with Gasteiger partial charge >= 0.3 is 11.9 Å². The molecule has 1 N–H and O–H groups in total. The third-order valence-corrected chi connectivity index (χ3v) is 3.41. The highest BCUT2D eigenvalue weighted by atomic mass is 16.5. The Kier molecular flexibility index (Phi) is 6.08. The lowest BCUT2D eigenvalue weighted by molar-refractivity contribution is -0.138. The fourth-order valence-electron chi connectivity index (χ4n) is 2.23. The number of ether oxygens (including phenoxy) is 1. The molecule has 4 heteroatoms. The number of rotatable bonds is 6. The van der Waals surface area contributed by atoms with Gasteiger partial charge in [-0.25, -0.2) is 9.59 Å². The third-order valence-electron chi connectivity index (χ3n) is 3.41. The Bertz CT molecular complexity index is 773. The normalized spacial score (nSPS) is 11.5. The maximum absolute atomic E-state index is 11.8. The average molecular weight is 322 g/mol. The monoisotopic (exact) mass is 322 g/mol. The van der Waals surface area contributed by atoms with E-state index in [4.69, 9.17) is 4.74 Å². The van der Waals surface area contributed by atoms with Crippen LogP contribution in [0.2, 0.25) is 0 Å². The van der Waals surface area contributed by atoms with Gasteiger partial charge in [-0.3, -0.25) is 0 Å². The maximum atomic E-state index is 11.8. The van der Waals surface area contributed by atoms with Gasteiger partial charge in [0.2, 0.25) is 0 Å². The Morgan fingerprint density at radius 3 is 2.38 bits per heavy atom. The van der Waals surface area contributed by atoms with E-state index in [0.29, 0.717) is 11.1 Å². The molecule has 0 fully saturated rings. The smallest absolute Gasteiger partial charge is 0.335 e. The standard InChI is InChI=1S/C20H18O4/c1-2-17(20(22)23)18-11-7-6-10-16(18)14-24-19(21)13-12-15-8-4-3-5-9-15/h2-13H,14H2,1H3,(H,22,23). The molecule has 0 saturated carbocycles. The van der Waals surface area contributed by atoms with Crippen molar-refractivity contribution in [2.75, 3.05) is 0 Å². The highest BCUT2D eigenvalue weighted by Crippen LogP contribution is 2.20. The number of benzene rings is 2. The van der Waals surface area contributed by atoms with Crippen LogP contribution in [0.5, 0.6) is 0 Å². The summed E-state index contributed by atoms with van der Waals surface area (Å²) in [6.45, 7) is 1.67. The third kappa shape index (κ3) is 4.68. The van der Waals surface area contributed by atoms with Gasteiger partial charge in [-0.1, -0.05) is 60.7 Å². The van der Waals surface area contributed by atoms with Crippen LogP contribution in [0, 0.1) is 0 Å². The molecule has 0 aliphatic carbocycles. The highest BCUT2D eigenvalue weighted by Gasteiger charge is 2.13. The zero-order chi connectivity index (χ0) is 17.4. The lowest BCUT2D eigenvalue weighted by Crippen LogP contribution is -2.06. The predicted octanol–water partition coefficient (Wildman–Crippen LogP) is 3.93. The first-order valence-electron chi connectivity index (χ1n) is 7.49. The molecular formula is C20H18O4. The molecule has 0 aliphatic heterocycles. The van der Waals surface area contributed by atoms with Crippen LogP contribution in [0.25, 0.3) is 11.6 Å². The van der Waals surface area contributed by atoms with E-state index >= 15 is 0 Å². The van der Waals surface area contributed by atoms with Gasteiger partial charge in [-0.15, -0.1) is 0 Å². The van der Waals surface area contributed by atoms with Gasteiger partial charge < -0.3 is 9.84 Å². The molecule has 0 heterocycles. The number of carboxylic acids is 1. The van der Waals surface area contributed by atoms with Crippen LogP contribution in [-0.4, -0.2) is 17.0 Å². The number of carbonyl (C=O) groups is 2.